The molecule has 2 heterocycles. The number of aryl methyl sites for hydroxylation is 4. The topological polar surface area (TPSA) is 51.4 Å². The summed E-state index contributed by atoms with van der Waals surface area (Å²) >= 11 is 0. The largest absolute Gasteiger partial charge is 0.426 e. The van der Waals surface area contributed by atoms with Crippen molar-refractivity contribution < 1.29 is 9.15 Å². The highest BCUT2D eigenvalue weighted by atomic mass is 16.5. The van der Waals surface area contributed by atoms with E-state index in [9.17, 15) is 0 Å². The summed E-state index contributed by atoms with van der Waals surface area (Å²) in [4.78, 5) is 2.51. The monoisotopic (exact) mass is 329 g/mol. The Labute approximate surface area is 144 Å². The van der Waals surface area contributed by atoms with Crippen LogP contribution in [-0.4, -0.2) is 40.8 Å². The summed E-state index contributed by atoms with van der Waals surface area (Å²) in [5.74, 6) is 1.37. The van der Waals surface area contributed by atoms with Gasteiger partial charge in [0.15, 0.2) is 0 Å². The minimum absolute atomic E-state index is 0.159. The summed E-state index contributed by atoms with van der Waals surface area (Å²) in [6.07, 6.45) is 2.01. The standard InChI is InChI=1S/C19H27N3O2/c1-13-7-8-14(2)17(10-13)18-11-22(15(3)12-23-18)9-5-6-19-21-20-16(4)24-19/h7-8,10,15,18H,5-6,9,11-12H2,1-4H3. The van der Waals surface area contributed by atoms with Gasteiger partial charge >= 0.3 is 0 Å². The maximum Gasteiger partial charge on any atom is 0.216 e. The number of hydrogen-bond donors (Lipinski definition) is 0. The van der Waals surface area contributed by atoms with Gasteiger partial charge in [-0.2, -0.15) is 0 Å². The lowest BCUT2D eigenvalue weighted by Crippen LogP contribution is -2.45. The number of hydrogen-bond acceptors (Lipinski definition) is 5. The highest BCUT2D eigenvalue weighted by Gasteiger charge is 2.27. The minimum atomic E-state index is 0.159. The number of ether oxygens (including phenoxy) is 1. The Balaban J connectivity index is 1.59. The second-order valence-electron chi connectivity index (χ2n) is 6.84. The molecule has 0 bridgehead atoms. The van der Waals surface area contributed by atoms with Gasteiger partial charge in [-0.15, -0.1) is 10.2 Å². The fourth-order valence-corrected chi connectivity index (χ4v) is 3.28. The van der Waals surface area contributed by atoms with Gasteiger partial charge < -0.3 is 9.15 Å². The molecule has 5 nitrogen and oxygen atoms in total. The number of nitrogens with zero attached hydrogens (tertiary/aromatic N) is 3. The molecule has 1 aliphatic heterocycles. The van der Waals surface area contributed by atoms with E-state index in [1.54, 1.807) is 0 Å². The number of benzene rings is 1. The number of morpholine rings is 1. The quantitative estimate of drug-likeness (QED) is 0.841. The van der Waals surface area contributed by atoms with E-state index in [1.165, 1.54) is 16.7 Å². The molecule has 0 N–H and O–H groups in total. The van der Waals surface area contributed by atoms with Crippen molar-refractivity contribution in [2.45, 2.75) is 52.7 Å². The molecule has 1 aliphatic rings. The van der Waals surface area contributed by atoms with Crippen LogP contribution < -0.4 is 0 Å². The van der Waals surface area contributed by atoms with Gasteiger partial charge in [-0.1, -0.05) is 23.8 Å². The molecule has 1 fully saturated rings. The molecule has 5 heteroatoms. The van der Waals surface area contributed by atoms with Crippen molar-refractivity contribution in [2.24, 2.45) is 0 Å². The third-order valence-corrected chi connectivity index (χ3v) is 4.75. The second-order valence-corrected chi connectivity index (χ2v) is 6.84. The first-order chi connectivity index (χ1) is 11.5. The van der Waals surface area contributed by atoms with Crippen LogP contribution in [0.25, 0.3) is 0 Å². The van der Waals surface area contributed by atoms with Gasteiger partial charge in [-0.05, 0) is 44.9 Å². The van der Waals surface area contributed by atoms with Gasteiger partial charge in [0.1, 0.15) is 0 Å². The zero-order chi connectivity index (χ0) is 17.1. The molecule has 0 saturated carbocycles. The minimum Gasteiger partial charge on any atom is -0.426 e. The third kappa shape index (κ3) is 4.02. The molecule has 24 heavy (non-hydrogen) atoms. The lowest BCUT2D eigenvalue weighted by atomic mass is 9.98. The smallest absolute Gasteiger partial charge is 0.216 e. The van der Waals surface area contributed by atoms with E-state index in [1.807, 2.05) is 6.92 Å². The molecule has 0 radical (unpaired) electrons. The van der Waals surface area contributed by atoms with E-state index in [0.717, 1.165) is 38.4 Å². The van der Waals surface area contributed by atoms with Crippen molar-refractivity contribution in [1.82, 2.24) is 15.1 Å². The normalized spacial score (nSPS) is 22.0. The molecule has 2 atom stereocenters. The van der Waals surface area contributed by atoms with E-state index in [2.05, 4.69) is 54.1 Å². The lowest BCUT2D eigenvalue weighted by molar-refractivity contribution is -0.0605. The van der Waals surface area contributed by atoms with Gasteiger partial charge in [0.25, 0.3) is 0 Å². The molecule has 1 saturated heterocycles. The van der Waals surface area contributed by atoms with Crippen molar-refractivity contribution in [3.63, 3.8) is 0 Å². The van der Waals surface area contributed by atoms with E-state index < -0.39 is 0 Å². The Bertz CT molecular complexity index is 683. The molecule has 130 valence electrons. The first-order valence-corrected chi connectivity index (χ1v) is 8.74. The predicted molar refractivity (Wildman–Crippen MR) is 93.0 cm³/mol. The highest BCUT2D eigenvalue weighted by Crippen LogP contribution is 2.28. The zero-order valence-electron chi connectivity index (χ0n) is 15.1. The zero-order valence-corrected chi connectivity index (χ0v) is 15.1. The van der Waals surface area contributed by atoms with Crippen LogP contribution in [0.5, 0.6) is 0 Å². The third-order valence-electron chi connectivity index (χ3n) is 4.75. The molecule has 0 amide bonds. The Morgan fingerprint density at radius 3 is 2.79 bits per heavy atom. The van der Waals surface area contributed by atoms with Crippen LogP contribution in [0.4, 0.5) is 0 Å². The van der Waals surface area contributed by atoms with E-state index >= 15 is 0 Å². The van der Waals surface area contributed by atoms with Crippen LogP contribution in [0.1, 0.15) is 47.9 Å². The predicted octanol–water partition coefficient (Wildman–Crippen LogP) is 3.39. The van der Waals surface area contributed by atoms with Gasteiger partial charge in [-0.3, -0.25) is 4.90 Å². The van der Waals surface area contributed by atoms with E-state index in [-0.39, 0.29) is 6.10 Å². The summed E-state index contributed by atoms with van der Waals surface area (Å²) in [6.45, 7) is 11.1. The van der Waals surface area contributed by atoms with Gasteiger partial charge in [0.05, 0.1) is 12.7 Å². The Kier molecular flexibility index (Phi) is 5.31. The van der Waals surface area contributed by atoms with Gasteiger partial charge in [-0.25, -0.2) is 0 Å². The molecular formula is C19H27N3O2. The fraction of sp³-hybridized carbons (Fsp3) is 0.579. The van der Waals surface area contributed by atoms with Crippen LogP contribution in [0, 0.1) is 20.8 Å². The van der Waals surface area contributed by atoms with Crippen molar-refractivity contribution in [1.29, 1.82) is 0 Å². The first kappa shape index (κ1) is 17.1. The molecule has 3 rings (SSSR count). The Morgan fingerprint density at radius 1 is 1.21 bits per heavy atom. The van der Waals surface area contributed by atoms with Crippen LogP contribution in [0.3, 0.4) is 0 Å². The SMILES string of the molecule is Cc1ccc(C)c(C2CN(CCCc3nnc(C)o3)C(C)CO2)c1. The summed E-state index contributed by atoms with van der Waals surface area (Å²) in [7, 11) is 0. The highest BCUT2D eigenvalue weighted by molar-refractivity contribution is 5.32. The van der Waals surface area contributed by atoms with Gasteiger partial charge in [0.2, 0.25) is 11.8 Å². The number of rotatable bonds is 5. The van der Waals surface area contributed by atoms with E-state index in [0.29, 0.717) is 11.9 Å². The van der Waals surface area contributed by atoms with Crippen molar-refractivity contribution >= 4 is 0 Å². The van der Waals surface area contributed by atoms with E-state index in [4.69, 9.17) is 9.15 Å². The molecule has 2 unspecified atom stereocenters. The molecule has 0 aliphatic carbocycles. The van der Waals surface area contributed by atoms with Crippen molar-refractivity contribution in [2.75, 3.05) is 19.7 Å². The van der Waals surface area contributed by atoms with Crippen LogP contribution in [0.15, 0.2) is 22.6 Å². The maximum atomic E-state index is 6.13. The average Bonchev–Trinajstić information content (AvgIpc) is 2.97. The summed E-state index contributed by atoms with van der Waals surface area (Å²) in [6, 6.07) is 7.05. The average molecular weight is 329 g/mol. The lowest BCUT2D eigenvalue weighted by Gasteiger charge is -2.38. The summed E-state index contributed by atoms with van der Waals surface area (Å²) in [5, 5.41) is 7.96. The van der Waals surface area contributed by atoms with Crippen LogP contribution in [-0.2, 0) is 11.2 Å². The maximum absolute atomic E-state index is 6.13. The first-order valence-electron chi connectivity index (χ1n) is 8.74. The summed E-state index contributed by atoms with van der Waals surface area (Å²) < 4.78 is 11.6. The Hall–Kier alpha value is -1.72. The molecule has 0 spiro atoms. The van der Waals surface area contributed by atoms with Crippen LogP contribution >= 0.6 is 0 Å². The molecule has 2 aromatic rings. The van der Waals surface area contributed by atoms with Crippen LogP contribution in [0.2, 0.25) is 0 Å². The summed E-state index contributed by atoms with van der Waals surface area (Å²) in [5.41, 5.74) is 3.91. The number of aromatic nitrogens is 2. The molecule has 1 aromatic carbocycles. The molecule has 1 aromatic heterocycles. The Morgan fingerprint density at radius 2 is 2.04 bits per heavy atom. The van der Waals surface area contributed by atoms with Gasteiger partial charge in [0, 0.05) is 25.9 Å². The van der Waals surface area contributed by atoms with Crippen molar-refractivity contribution in [3.05, 3.63) is 46.7 Å². The molecular weight excluding hydrogens is 302 g/mol. The van der Waals surface area contributed by atoms with Crippen molar-refractivity contribution in [3.8, 4) is 0 Å². The second kappa shape index (κ2) is 7.45. The fourth-order valence-electron chi connectivity index (χ4n) is 3.28.